The van der Waals surface area contributed by atoms with Crippen LogP contribution < -0.4 is 4.74 Å². The summed E-state index contributed by atoms with van der Waals surface area (Å²) in [4.78, 5) is 1.47. The lowest BCUT2D eigenvalue weighted by atomic mass is 9.93. The second kappa shape index (κ2) is 4.80. The molecule has 1 aromatic carbocycles. The Morgan fingerprint density at radius 2 is 2.11 bits per heavy atom. The van der Waals surface area contributed by atoms with Crippen LogP contribution in [0.1, 0.15) is 24.1 Å². The highest BCUT2D eigenvalue weighted by atomic mass is 19.4. The zero-order valence-corrected chi connectivity index (χ0v) is 10.4. The summed E-state index contributed by atoms with van der Waals surface area (Å²) in [5, 5.41) is 0. The number of ether oxygens (including phenoxy) is 1. The Hall–Kier alpha value is -1.23. The van der Waals surface area contributed by atoms with Gasteiger partial charge < -0.3 is 4.74 Å². The van der Waals surface area contributed by atoms with E-state index in [0.717, 1.165) is 16.9 Å². The zero-order valence-electron chi connectivity index (χ0n) is 10.4. The molecular weight excluding hydrogens is 243 g/mol. The van der Waals surface area contributed by atoms with Crippen molar-refractivity contribution in [2.75, 3.05) is 20.2 Å². The van der Waals surface area contributed by atoms with Gasteiger partial charge in [-0.05, 0) is 36.6 Å². The van der Waals surface area contributed by atoms with E-state index in [1.165, 1.54) is 4.90 Å². The van der Waals surface area contributed by atoms with Gasteiger partial charge in [0.25, 0.3) is 0 Å². The summed E-state index contributed by atoms with van der Waals surface area (Å²) in [6, 6.07) is 5.37. The third-order valence-corrected chi connectivity index (χ3v) is 3.40. The number of hydrogen-bond donors (Lipinski definition) is 0. The molecule has 1 unspecified atom stereocenters. The van der Waals surface area contributed by atoms with Crippen molar-refractivity contribution in [3.8, 4) is 5.75 Å². The van der Waals surface area contributed by atoms with Crippen molar-refractivity contribution in [3.63, 3.8) is 0 Å². The van der Waals surface area contributed by atoms with Crippen molar-refractivity contribution in [2.24, 2.45) is 0 Å². The molecule has 2 rings (SSSR count). The average Bonchev–Trinajstić information content (AvgIpc) is 2.31. The van der Waals surface area contributed by atoms with Crippen LogP contribution in [0.2, 0.25) is 0 Å². The van der Waals surface area contributed by atoms with Crippen LogP contribution in [0.25, 0.3) is 0 Å². The molecule has 1 aromatic rings. The van der Waals surface area contributed by atoms with Crippen molar-refractivity contribution in [3.05, 3.63) is 29.3 Å². The Bertz CT molecular complexity index is 431. The van der Waals surface area contributed by atoms with E-state index in [4.69, 9.17) is 4.74 Å². The van der Waals surface area contributed by atoms with E-state index < -0.39 is 12.7 Å². The van der Waals surface area contributed by atoms with Crippen LogP contribution in [0.4, 0.5) is 13.2 Å². The predicted molar refractivity (Wildman–Crippen MR) is 62.7 cm³/mol. The molecule has 2 nitrogen and oxygen atoms in total. The first-order valence-electron chi connectivity index (χ1n) is 5.88. The lowest BCUT2D eigenvalue weighted by Crippen LogP contribution is -2.40. The van der Waals surface area contributed by atoms with Gasteiger partial charge in [-0.3, -0.25) is 4.90 Å². The Labute approximate surface area is 104 Å². The standard InChI is InChI=1S/C13H16F3NO/c1-9-12-4-3-11(18-2)7-10(12)5-6-17(9)8-13(14,15)16/h3-4,7,9H,5-6,8H2,1-2H3. The minimum Gasteiger partial charge on any atom is -0.497 e. The zero-order chi connectivity index (χ0) is 13.3. The molecule has 1 heterocycles. The molecular formula is C13H16F3NO. The van der Waals surface area contributed by atoms with Crippen molar-refractivity contribution in [2.45, 2.75) is 25.6 Å². The van der Waals surface area contributed by atoms with E-state index >= 15 is 0 Å². The summed E-state index contributed by atoms with van der Waals surface area (Å²) in [6.07, 6.45) is -3.51. The molecule has 0 radical (unpaired) electrons. The van der Waals surface area contributed by atoms with Crippen molar-refractivity contribution < 1.29 is 17.9 Å². The molecule has 0 fully saturated rings. The number of alkyl halides is 3. The van der Waals surface area contributed by atoms with Crippen LogP contribution in [0.15, 0.2) is 18.2 Å². The minimum atomic E-state index is -4.14. The summed E-state index contributed by atoms with van der Waals surface area (Å²) < 4.78 is 42.5. The quantitative estimate of drug-likeness (QED) is 0.808. The first-order valence-corrected chi connectivity index (χ1v) is 5.88. The van der Waals surface area contributed by atoms with Gasteiger partial charge in [-0.15, -0.1) is 0 Å². The fraction of sp³-hybridized carbons (Fsp3) is 0.538. The number of nitrogens with zero attached hydrogens (tertiary/aromatic N) is 1. The third kappa shape index (κ3) is 2.77. The summed E-state index contributed by atoms with van der Waals surface area (Å²) in [7, 11) is 1.59. The van der Waals surface area contributed by atoms with Gasteiger partial charge >= 0.3 is 6.18 Å². The summed E-state index contributed by atoms with van der Waals surface area (Å²) in [6.45, 7) is 1.40. The van der Waals surface area contributed by atoms with Crippen molar-refractivity contribution in [1.29, 1.82) is 0 Å². The van der Waals surface area contributed by atoms with Crippen LogP contribution in [0, 0.1) is 0 Å². The van der Waals surface area contributed by atoms with E-state index in [1.807, 2.05) is 19.1 Å². The molecule has 0 amide bonds. The number of fused-ring (bicyclic) bond motifs is 1. The first-order chi connectivity index (χ1) is 8.40. The van der Waals surface area contributed by atoms with Gasteiger partial charge in [0.2, 0.25) is 0 Å². The Kier molecular flexibility index (Phi) is 3.52. The topological polar surface area (TPSA) is 12.5 Å². The molecule has 1 atom stereocenters. The normalized spacial score (nSPS) is 20.6. The van der Waals surface area contributed by atoms with E-state index in [-0.39, 0.29) is 6.04 Å². The van der Waals surface area contributed by atoms with E-state index in [1.54, 1.807) is 13.2 Å². The predicted octanol–water partition coefficient (Wildman–Crippen LogP) is 3.18. The van der Waals surface area contributed by atoms with Crippen molar-refractivity contribution in [1.82, 2.24) is 4.90 Å². The van der Waals surface area contributed by atoms with Crippen molar-refractivity contribution >= 4 is 0 Å². The Morgan fingerprint density at radius 1 is 1.39 bits per heavy atom. The maximum Gasteiger partial charge on any atom is 0.401 e. The number of benzene rings is 1. The number of methoxy groups -OCH3 is 1. The molecule has 5 heteroatoms. The van der Waals surface area contributed by atoms with Crippen LogP contribution in [-0.2, 0) is 6.42 Å². The fourth-order valence-electron chi connectivity index (χ4n) is 2.43. The third-order valence-electron chi connectivity index (χ3n) is 3.40. The lowest BCUT2D eigenvalue weighted by molar-refractivity contribution is -0.151. The number of halogens is 3. The van der Waals surface area contributed by atoms with Gasteiger partial charge in [-0.25, -0.2) is 0 Å². The summed E-state index contributed by atoms with van der Waals surface area (Å²) >= 11 is 0. The molecule has 18 heavy (non-hydrogen) atoms. The van der Waals surface area contributed by atoms with E-state index in [0.29, 0.717) is 13.0 Å². The average molecular weight is 259 g/mol. The molecule has 0 aliphatic carbocycles. The van der Waals surface area contributed by atoms with Crippen LogP contribution in [0.5, 0.6) is 5.75 Å². The van der Waals surface area contributed by atoms with Gasteiger partial charge in [0.15, 0.2) is 0 Å². The first kappa shape index (κ1) is 13.2. The minimum absolute atomic E-state index is 0.207. The molecule has 0 N–H and O–H groups in total. The fourth-order valence-corrected chi connectivity index (χ4v) is 2.43. The largest absolute Gasteiger partial charge is 0.497 e. The lowest BCUT2D eigenvalue weighted by Gasteiger charge is -2.35. The van der Waals surface area contributed by atoms with Gasteiger partial charge in [-0.2, -0.15) is 13.2 Å². The molecule has 1 aliphatic heterocycles. The van der Waals surface area contributed by atoms with Gasteiger partial charge in [-0.1, -0.05) is 6.07 Å². The monoisotopic (exact) mass is 259 g/mol. The maximum absolute atomic E-state index is 12.4. The highest BCUT2D eigenvalue weighted by Crippen LogP contribution is 2.33. The van der Waals surface area contributed by atoms with Crippen LogP contribution in [0.3, 0.4) is 0 Å². The Balaban J connectivity index is 2.20. The Morgan fingerprint density at radius 3 is 2.72 bits per heavy atom. The smallest absolute Gasteiger partial charge is 0.401 e. The summed E-state index contributed by atoms with van der Waals surface area (Å²) in [5.41, 5.74) is 2.05. The number of hydrogen-bond acceptors (Lipinski definition) is 2. The van der Waals surface area contributed by atoms with Gasteiger partial charge in [0, 0.05) is 12.6 Å². The highest BCUT2D eigenvalue weighted by Gasteiger charge is 2.35. The second-order valence-electron chi connectivity index (χ2n) is 4.58. The van der Waals surface area contributed by atoms with Crippen LogP contribution >= 0.6 is 0 Å². The molecule has 0 aromatic heterocycles. The molecule has 0 saturated carbocycles. The second-order valence-corrected chi connectivity index (χ2v) is 4.58. The van der Waals surface area contributed by atoms with Gasteiger partial charge in [0.05, 0.1) is 13.7 Å². The molecule has 100 valence electrons. The highest BCUT2D eigenvalue weighted by molar-refractivity contribution is 5.39. The number of rotatable bonds is 2. The molecule has 0 spiro atoms. The molecule has 0 saturated heterocycles. The van der Waals surface area contributed by atoms with E-state index in [2.05, 4.69) is 0 Å². The van der Waals surface area contributed by atoms with Crippen LogP contribution in [-0.4, -0.2) is 31.3 Å². The SMILES string of the molecule is COc1ccc2c(c1)CCN(CC(F)(F)F)C2C. The maximum atomic E-state index is 12.4. The molecule has 0 bridgehead atoms. The van der Waals surface area contributed by atoms with E-state index in [9.17, 15) is 13.2 Å². The molecule has 1 aliphatic rings. The summed E-state index contributed by atoms with van der Waals surface area (Å²) in [5.74, 6) is 0.755. The van der Waals surface area contributed by atoms with Gasteiger partial charge in [0.1, 0.15) is 5.75 Å².